The fourth-order valence-electron chi connectivity index (χ4n) is 7.49. The van der Waals surface area contributed by atoms with Gasteiger partial charge in [-0.15, -0.1) is 0 Å². The Hall–Kier alpha value is -6.30. The Labute approximate surface area is 362 Å². The molecule has 0 bridgehead atoms. The maximum atomic E-state index is 13.7. The maximum Gasteiger partial charge on any atom is 0.247 e. The lowest BCUT2D eigenvalue weighted by molar-refractivity contribution is -0.140. The number of carbonyl (C=O) groups is 4. The molecule has 11 heteroatoms. The molecule has 2 heterocycles. The minimum Gasteiger partial charge on any atom is -0.363 e. The van der Waals surface area contributed by atoms with E-state index in [4.69, 9.17) is 0 Å². The molecular weight excluding hydrogens is 763 g/mol. The van der Waals surface area contributed by atoms with Gasteiger partial charge in [-0.25, -0.2) is 0 Å². The van der Waals surface area contributed by atoms with Crippen LogP contribution in [0.15, 0.2) is 146 Å². The van der Waals surface area contributed by atoms with E-state index in [0.29, 0.717) is 44.7 Å². The van der Waals surface area contributed by atoms with E-state index in [1.165, 1.54) is 12.8 Å². The molecule has 2 saturated heterocycles. The molecule has 2 aliphatic rings. The Bertz CT molecular complexity index is 2030. The van der Waals surface area contributed by atoms with Crippen LogP contribution in [0.25, 0.3) is 0 Å². The third-order valence-electron chi connectivity index (χ3n) is 10.6. The highest BCUT2D eigenvalue weighted by Gasteiger charge is 2.38. The van der Waals surface area contributed by atoms with Gasteiger partial charge in [-0.1, -0.05) is 109 Å². The summed E-state index contributed by atoms with van der Waals surface area (Å²) in [5.74, 6) is 0.0601. The second kappa shape index (κ2) is 24.1. The molecule has 0 radical (unpaired) electrons. The Kier molecular flexibility index (Phi) is 18.1. The minimum atomic E-state index is -0.505. The van der Waals surface area contributed by atoms with Crippen molar-refractivity contribution in [2.24, 2.45) is 0 Å². The average molecular weight is 824 g/mol. The molecule has 0 saturated carbocycles. The van der Waals surface area contributed by atoms with Gasteiger partial charge in [-0.3, -0.25) is 24.1 Å². The molecule has 0 spiro atoms. The van der Waals surface area contributed by atoms with Crippen LogP contribution in [0.2, 0.25) is 0 Å². The number of rotatable bonds is 14. The zero-order valence-corrected chi connectivity index (χ0v) is 36.0. The van der Waals surface area contributed by atoms with Gasteiger partial charge in [-0.05, 0) is 107 Å². The first-order valence-corrected chi connectivity index (χ1v) is 21.1. The van der Waals surface area contributed by atoms with Gasteiger partial charge >= 0.3 is 0 Å². The van der Waals surface area contributed by atoms with Crippen molar-refractivity contribution in [2.75, 3.05) is 69.9 Å². The second-order valence-corrected chi connectivity index (χ2v) is 15.8. The van der Waals surface area contributed by atoms with Crippen molar-refractivity contribution in [3.05, 3.63) is 162 Å². The lowest BCUT2D eigenvalue weighted by atomic mass is 10.0. The third-order valence-corrected chi connectivity index (χ3v) is 10.6. The first kappa shape index (κ1) is 45.8. The van der Waals surface area contributed by atoms with Gasteiger partial charge in [0.05, 0.1) is 6.54 Å². The molecule has 7 rings (SSSR count). The number of carbonyl (C=O) groups excluding carboxylic acids is 4. The molecule has 4 amide bonds. The van der Waals surface area contributed by atoms with Crippen LogP contribution in [0.3, 0.4) is 0 Å². The molecule has 11 nitrogen and oxygen atoms in total. The number of para-hydroxylation sites is 1. The van der Waals surface area contributed by atoms with E-state index in [9.17, 15) is 19.2 Å². The van der Waals surface area contributed by atoms with E-state index in [1.807, 2.05) is 176 Å². The van der Waals surface area contributed by atoms with Crippen molar-refractivity contribution in [3.8, 4) is 0 Å². The summed E-state index contributed by atoms with van der Waals surface area (Å²) in [6.07, 6.45) is 4.47. The highest BCUT2D eigenvalue weighted by molar-refractivity contribution is 5.98. The Morgan fingerprint density at radius 3 is 1.67 bits per heavy atom. The fourth-order valence-corrected chi connectivity index (χ4v) is 7.49. The van der Waals surface area contributed by atoms with Gasteiger partial charge in [-0.2, -0.15) is 0 Å². The van der Waals surface area contributed by atoms with Crippen molar-refractivity contribution in [2.45, 2.75) is 50.9 Å². The lowest BCUT2D eigenvalue weighted by Gasteiger charge is -2.31. The summed E-state index contributed by atoms with van der Waals surface area (Å²) in [5.41, 5.74) is 5.69. The molecule has 5 aromatic carbocycles. The van der Waals surface area contributed by atoms with Crippen LogP contribution < -0.4 is 15.5 Å². The first-order chi connectivity index (χ1) is 29.6. The fraction of sp³-hybridized carbons (Fsp3) is 0.320. The van der Waals surface area contributed by atoms with Crippen molar-refractivity contribution >= 4 is 41.2 Å². The number of nitrogens with one attached hydrogen (secondary N) is 2. The number of amides is 4. The molecule has 2 atom stereocenters. The molecule has 61 heavy (non-hydrogen) atoms. The van der Waals surface area contributed by atoms with Crippen LogP contribution in [0.4, 0.5) is 17.1 Å². The molecule has 0 aliphatic carbocycles. The zero-order valence-electron chi connectivity index (χ0n) is 36.0. The van der Waals surface area contributed by atoms with Gasteiger partial charge in [0.25, 0.3) is 0 Å². The summed E-state index contributed by atoms with van der Waals surface area (Å²) in [7, 11) is 7.64. The van der Waals surface area contributed by atoms with Crippen LogP contribution in [0.5, 0.6) is 0 Å². The Balaban J connectivity index is 0.000000342. The van der Waals surface area contributed by atoms with Crippen LogP contribution in [-0.2, 0) is 32.3 Å². The predicted molar refractivity (Wildman–Crippen MR) is 246 cm³/mol. The highest BCUT2D eigenvalue weighted by Crippen LogP contribution is 2.28. The molecule has 2 N–H and O–H groups in total. The number of benzene rings is 5. The second-order valence-electron chi connectivity index (χ2n) is 15.8. The van der Waals surface area contributed by atoms with Crippen molar-refractivity contribution < 1.29 is 19.2 Å². The number of hydrogen-bond donors (Lipinski definition) is 2. The smallest absolute Gasteiger partial charge is 0.247 e. The maximum absolute atomic E-state index is 13.7. The van der Waals surface area contributed by atoms with Crippen LogP contribution in [-0.4, -0.2) is 104 Å². The molecule has 5 aromatic rings. The molecule has 2 aliphatic heterocycles. The van der Waals surface area contributed by atoms with E-state index in [-0.39, 0.29) is 17.7 Å². The lowest BCUT2D eigenvalue weighted by Crippen LogP contribution is -2.47. The Morgan fingerprint density at radius 2 is 1.16 bits per heavy atom. The number of anilines is 3. The van der Waals surface area contributed by atoms with E-state index >= 15 is 0 Å². The van der Waals surface area contributed by atoms with Crippen molar-refractivity contribution in [1.29, 1.82) is 0 Å². The van der Waals surface area contributed by atoms with E-state index < -0.39 is 12.1 Å². The van der Waals surface area contributed by atoms with Crippen LogP contribution in [0.1, 0.15) is 48.4 Å². The van der Waals surface area contributed by atoms with Crippen molar-refractivity contribution in [3.63, 3.8) is 0 Å². The summed E-state index contributed by atoms with van der Waals surface area (Å²) in [6, 6.07) is 46.7. The van der Waals surface area contributed by atoms with E-state index in [0.717, 1.165) is 47.6 Å². The summed E-state index contributed by atoms with van der Waals surface area (Å²) >= 11 is 0. The zero-order chi connectivity index (χ0) is 43.4. The molecule has 0 aromatic heterocycles. The van der Waals surface area contributed by atoms with Gasteiger partial charge in [0.1, 0.15) is 12.1 Å². The largest absolute Gasteiger partial charge is 0.363 e. The average Bonchev–Trinajstić information content (AvgIpc) is 4.01. The van der Waals surface area contributed by atoms with Crippen LogP contribution in [0, 0.1) is 0 Å². The number of likely N-dealkylation sites (N-methyl/N-ethyl adjacent to an activating group) is 2. The summed E-state index contributed by atoms with van der Waals surface area (Å²) in [5, 5.41) is 5.73. The van der Waals surface area contributed by atoms with Gasteiger partial charge in [0, 0.05) is 49.8 Å². The van der Waals surface area contributed by atoms with Crippen LogP contribution >= 0.6 is 0 Å². The molecule has 2 unspecified atom stereocenters. The quantitative estimate of drug-likeness (QED) is 0.111. The topological polar surface area (TPSA) is 109 Å². The summed E-state index contributed by atoms with van der Waals surface area (Å²) in [6.45, 7) is 4.41. The number of nitrogens with zero attached hydrogens (tertiary/aromatic N) is 5. The Morgan fingerprint density at radius 1 is 0.656 bits per heavy atom. The summed E-state index contributed by atoms with van der Waals surface area (Å²) < 4.78 is 0. The minimum absolute atomic E-state index is 0.0511. The van der Waals surface area contributed by atoms with E-state index in [1.54, 1.807) is 4.90 Å². The predicted octanol–water partition coefficient (Wildman–Crippen LogP) is 7.55. The summed E-state index contributed by atoms with van der Waals surface area (Å²) in [4.78, 5) is 59.0. The molecule has 2 fully saturated rings. The highest BCUT2D eigenvalue weighted by atomic mass is 16.2. The standard InChI is InChI=1S/C36H39N5O3.C8H16N2O.C6H6/c1-39(2)34(29-10-5-3-6-11-29)36(44)41-23-9-14-33(41)35(43)38-31-21-17-28(18-22-31)25-40(32-12-7-4-8-13-32)24-27-15-19-30(20-16-27)37-26-42;1-9(2)7-8(11)10-5-3-4-6-10;1-2-4-6-5-3-1/h3-8,10-13,15-22,26,33-34H,9,14,23-25H2,1-2H3,(H,37,42)(H,38,43);3-7H2,1-2H3;1-6H. The SMILES string of the molecule is CN(C)C(C(=O)N1CCCC1C(=O)Nc1ccc(CN(Cc2ccc(NC=O)cc2)c2ccccc2)cc1)c1ccccc1.CN(C)CC(=O)N1CCCC1.c1ccccc1. The van der Waals surface area contributed by atoms with E-state index in [2.05, 4.69) is 27.7 Å². The normalized spacial score (nSPS) is 14.9. The van der Waals surface area contributed by atoms with Gasteiger partial charge in [0.2, 0.25) is 24.1 Å². The number of hydrogen-bond acceptors (Lipinski definition) is 7. The van der Waals surface area contributed by atoms with Gasteiger partial charge in [0.15, 0.2) is 0 Å². The molecular formula is C50H61N7O4. The number of likely N-dealkylation sites (tertiary alicyclic amines) is 2. The molecule has 320 valence electrons. The van der Waals surface area contributed by atoms with Crippen molar-refractivity contribution in [1.82, 2.24) is 19.6 Å². The van der Waals surface area contributed by atoms with Gasteiger partial charge < -0.3 is 30.2 Å². The monoisotopic (exact) mass is 823 g/mol. The first-order valence-electron chi connectivity index (χ1n) is 21.1. The third kappa shape index (κ3) is 14.4.